The van der Waals surface area contributed by atoms with Gasteiger partial charge >= 0.3 is 0 Å². The Hall–Kier alpha value is -1.76. The van der Waals surface area contributed by atoms with E-state index in [4.69, 9.17) is 4.74 Å². The molecule has 0 aliphatic carbocycles. The van der Waals surface area contributed by atoms with Crippen molar-refractivity contribution in [3.8, 4) is 0 Å². The van der Waals surface area contributed by atoms with E-state index in [9.17, 15) is 19.2 Å². The average molecular weight is 368 g/mol. The predicted molar refractivity (Wildman–Crippen MR) is 97.2 cm³/mol. The molecule has 0 aromatic heterocycles. The van der Waals surface area contributed by atoms with Gasteiger partial charge in [-0.15, -0.1) is 0 Å². The largest absolute Gasteiger partial charge is 0.379 e. The Morgan fingerprint density at radius 1 is 1.19 bits per heavy atom. The van der Waals surface area contributed by atoms with Gasteiger partial charge in [0.2, 0.25) is 17.7 Å². The van der Waals surface area contributed by atoms with Crippen molar-refractivity contribution >= 4 is 23.5 Å². The fourth-order valence-corrected chi connectivity index (χ4v) is 3.45. The van der Waals surface area contributed by atoms with Gasteiger partial charge in [0.1, 0.15) is 5.78 Å². The second-order valence-corrected chi connectivity index (χ2v) is 8.37. The molecule has 26 heavy (non-hydrogen) atoms. The second-order valence-electron chi connectivity index (χ2n) is 8.37. The number of nitrogens with one attached hydrogen (secondary N) is 1. The number of nitrogens with zero attached hydrogens (tertiary/aromatic N) is 1. The normalized spacial score (nSPS) is 18.4. The number of carbonyl (C=O) groups is 4. The van der Waals surface area contributed by atoms with Crippen molar-refractivity contribution < 1.29 is 23.9 Å². The van der Waals surface area contributed by atoms with Crippen LogP contribution in [0.15, 0.2) is 0 Å². The Morgan fingerprint density at radius 3 is 2.31 bits per heavy atom. The topological polar surface area (TPSA) is 92.8 Å². The van der Waals surface area contributed by atoms with Gasteiger partial charge in [-0.05, 0) is 27.2 Å². The first-order valence-electron chi connectivity index (χ1n) is 9.11. The van der Waals surface area contributed by atoms with Crippen LogP contribution in [0.2, 0.25) is 0 Å². The minimum Gasteiger partial charge on any atom is -0.379 e. The maximum Gasteiger partial charge on any atom is 0.233 e. The molecule has 1 aliphatic rings. The summed E-state index contributed by atoms with van der Waals surface area (Å²) in [6, 6.07) is 0. The lowest BCUT2D eigenvalue weighted by Crippen LogP contribution is -2.52. The average Bonchev–Trinajstić information content (AvgIpc) is 2.74. The van der Waals surface area contributed by atoms with E-state index in [1.165, 1.54) is 11.8 Å². The molecule has 1 fully saturated rings. The zero-order valence-electron chi connectivity index (χ0n) is 16.8. The molecule has 0 aromatic carbocycles. The first-order chi connectivity index (χ1) is 11.9. The lowest BCUT2D eigenvalue weighted by Gasteiger charge is -2.39. The number of likely N-dealkylation sites (tertiary alicyclic amines) is 1. The summed E-state index contributed by atoms with van der Waals surface area (Å²) in [5, 5.41) is 2.82. The van der Waals surface area contributed by atoms with E-state index in [-0.39, 0.29) is 35.8 Å². The van der Waals surface area contributed by atoms with Gasteiger partial charge in [-0.2, -0.15) is 0 Å². The Bertz CT molecular complexity index is 568. The predicted octanol–water partition coefficient (Wildman–Crippen LogP) is 1.69. The van der Waals surface area contributed by atoms with Gasteiger partial charge < -0.3 is 10.1 Å². The molecule has 7 nitrogen and oxygen atoms in total. The molecule has 1 heterocycles. The number of carbonyl (C=O) groups excluding carboxylic acids is 4. The van der Waals surface area contributed by atoms with Crippen LogP contribution in [0.1, 0.15) is 60.8 Å². The van der Waals surface area contributed by atoms with Crippen LogP contribution >= 0.6 is 0 Å². The van der Waals surface area contributed by atoms with Crippen LogP contribution in [-0.4, -0.2) is 53.7 Å². The molecule has 7 heteroatoms. The molecule has 0 aromatic rings. The molecular weight excluding hydrogens is 336 g/mol. The summed E-state index contributed by atoms with van der Waals surface area (Å²) in [5.41, 5.74) is -1.49. The molecule has 0 spiro atoms. The Labute approximate surface area is 155 Å². The second kappa shape index (κ2) is 8.75. The number of imide groups is 1. The summed E-state index contributed by atoms with van der Waals surface area (Å²) in [4.78, 5) is 49.1. The van der Waals surface area contributed by atoms with E-state index in [0.717, 1.165) is 0 Å². The van der Waals surface area contributed by atoms with E-state index in [1.807, 2.05) is 13.8 Å². The highest BCUT2D eigenvalue weighted by atomic mass is 16.5. The van der Waals surface area contributed by atoms with Crippen molar-refractivity contribution in [2.24, 2.45) is 11.3 Å². The molecule has 0 saturated carbocycles. The van der Waals surface area contributed by atoms with Crippen LogP contribution in [0, 0.1) is 11.3 Å². The summed E-state index contributed by atoms with van der Waals surface area (Å²) in [6.45, 7) is 11.5. The third-order valence-electron chi connectivity index (χ3n) is 4.60. The highest BCUT2D eigenvalue weighted by Gasteiger charge is 2.47. The number of ketones is 1. The third-order valence-corrected chi connectivity index (χ3v) is 4.60. The first-order valence-corrected chi connectivity index (χ1v) is 9.11. The Balaban J connectivity index is 2.55. The lowest BCUT2D eigenvalue weighted by molar-refractivity contribution is -0.148. The number of ether oxygens (including phenoxy) is 1. The molecule has 1 rings (SSSR count). The van der Waals surface area contributed by atoms with Gasteiger partial charge in [0.25, 0.3) is 0 Å². The van der Waals surface area contributed by atoms with Gasteiger partial charge in [-0.1, -0.05) is 20.8 Å². The zero-order valence-corrected chi connectivity index (χ0v) is 16.8. The molecule has 1 unspecified atom stereocenters. The summed E-state index contributed by atoms with van der Waals surface area (Å²) in [6.07, 6.45) is 0.956. The van der Waals surface area contributed by atoms with Crippen LogP contribution in [0.4, 0.5) is 0 Å². The number of Topliss-reactive ketones (excluding diaryl/α,β-unsaturated/α-hetero) is 1. The first kappa shape index (κ1) is 22.3. The molecule has 1 aliphatic heterocycles. The fourth-order valence-electron chi connectivity index (χ4n) is 3.45. The zero-order chi connectivity index (χ0) is 20.1. The van der Waals surface area contributed by atoms with Crippen molar-refractivity contribution in [2.45, 2.75) is 66.3 Å². The minimum atomic E-state index is -0.755. The van der Waals surface area contributed by atoms with Crippen molar-refractivity contribution in [1.82, 2.24) is 10.2 Å². The highest BCUT2D eigenvalue weighted by molar-refractivity contribution is 6.04. The lowest BCUT2D eigenvalue weighted by atomic mass is 9.78. The maximum absolute atomic E-state index is 12.5. The standard InChI is InChI=1S/C19H32N2O5/c1-13-11-15(23)21(16(13)24)19(5,6)12-18(3,4)17(25)20-8-10-26-9-7-14(2)22/h13H,7-12H2,1-6H3,(H,20,25). The van der Waals surface area contributed by atoms with Gasteiger partial charge in [0, 0.05) is 36.3 Å². The monoisotopic (exact) mass is 368 g/mol. The fraction of sp³-hybridized carbons (Fsp3) is 0.789. The van der Waals surface area contributed by atoms with Gasteiger partial charge in [0.15, 0.2) is 0 Å². The number of rotatable bonds is 10. The summed E-state index contributed by atoms with van der Waals surface area (Å²) >= 11 is 0. The van der Waals surface area contributed by atoms with Gasteiger partial charge in [-0.25, -0.2) is 0 Å². The summed E-state index contributed by atoms with van der Waals surface area (Å²) in [5.74, 6) is -0.742. The Kier molecular flexibility index (Phi) is 7.50. The number of hydrogen-bond acceptors (Lipinski definition) is 5. The molecule has 0 bridgehead atoms. The van der Waals surface area contributed by atoms with Gasteiger partial charge in [0.05, 0.1) is 13.2 Å². The molecule has 148 valence electrons. The van der Waals surface area contributed by atoms with E-state index >= 15 is 0 Å². The minimum absolute atomic E-state index is 0.0673. The van der Waals surface area contributed by atoms with Crippen LogP contribution < -0.4 is 5.32 Å². The van der Waals surface area contributed by atoms with Crippen LogP contribution in [0.5, 0.6) is 0 Å². The van der Waals surface area contributed by atoms with Gasteiger partial charge in [-0.3, -0.25) is 24.1 Å². The van der Waals surface area contributed by atoms with Crippen molar-refractivity contribution in [3.63, 3.8) is 0 Å². The van der Waals surface area contributed by atoms with Crippen molar-refractivity contribution in [1.29, 1.82) is 0 Å². The number of amides is 3. The molecule has 1 N–H and O–H groups in total. The molecular formula is C19H32N2O5. The maximum atomic E-state index is 12.5. The van der Waals surface area contributed by atoms with Crippen LogP contribution in [-0.2, 0) is 23.9 Å². The quantitative estimate of drug-likeness (QED) is 0.468. The van der Waals surface area contributed by atoms with E-state index < -0.39 is 11.0 Å². The molecule has 0 radical (unpaired) electrons. The third kappa shape index (κ3) is 5.90. The van der Waals surface area contributed by atoms with Crippen molar-refractivity contribution in [3.05, 3.63) is 0 Å². The highest BCUT2D eigenvalue weighted by Crippen LogP contribution is 2.36. The summed E-state index contributed by atoms with van der Waals surface area (Å²) in [7, 11) is 0. The van der Waals surface area contributed by atoms with E-state index in [1.54, 1.807) is 20.8 Å². The molecule has 1 saturated heterocycles. The van der Waals surface area contributed by atoms with E-state index in [2.05, 4.69) is 5.32 Å². The smallest absolute Gasteiger partial charge is 0.233 e. The number of hydrogen-bond donors (Lipinski definition) is 1. The SMILES string of the molecule is CC(=O)CCOCCNC(=O)C(C)(C)CC(C)(C)N1C(=O)CC(C)C1=O. The Morgan fingerprint density at radius 2 is 1.81 bits per heavy atom. The van der Waals surface area contributed by atoms with E-state index in [0.29, 0.717) is 32.6 Å². The molecule has 1 atom stereocenters. The van der Waals surface area contributed by atoms with Crippen molar-refractivity contribution in [2.75, 3.05) is 19.8 Å². The van der Waals surface area contributed by atoms with Crippen LogP contribution in [0.25, 0.3) is 0 Å². The van der Waals surface area contributed by atoms with Crippen LogP contribution in [0.3, 0.4) is 0 Å². The molecule has 3 amide bonds. The summed E-state index contributed by atoms with van der Waals surface area (Å²) < 4.78 is 5.30.